The van der Waals surface area contributed by atoms with Crippen LogP contribution in [0.3, 0.4) is 0 Å². The van der Waals surface area contributed by atoms with E-state index in [0.29, 0.717) is 4.57 Å². The van der Waals surface area contributed by atoms with E-state index in [9.17, 15) is 24.2 Å². The first-order chi connectivity index (χ1) is 12.9. The molecule has 9 nitrogen and oxygen atoms in total. The maximum Gasteiger partial charge on any atom is 0.351 e. The highest BCUT2D eigenvalue weighted by molar-refractivity contribution is 5.70. The second-order valence-corrected chi connectivity index (χ2v) is 6.06. The first-order valence-corrected chi connectivity index (χ1v) is 8.12. The smallest absolute Gasteiger partial charge is 0.351 e. The van der Waals surface area contributed by atoms with Gasteiger partial charge in [0.15, 0.2) is 17.9 Å². The monoisotopic (exact) mass is 379 g/mol. The van der Waals surface area contributed by atoms with Crippen molar-refractivity contribution in [1.29, 1.82) is 0 Å². The molecule has 2 aromatic rings. The van der Waals surface area contributed by atoms with Crippen molar-refractivity contribution in [2.75, 3.05) is 5.73 Å². The predicted octanol–water partition coefficient (Wildman–Crippen LogP) is -0.283. The van der Waals surface area contributed by atoms with E-state index in [4.69, 9.17) is 15.2 Å². The van der Waals surface area contributed by atoms with Gasteiger partial charge in [0, 0.05) is 0 Å². The Morgan fingerprint density at radius 2 is 2.00 bits per heavy atom. The summed E-state index contributed by atoms with van der Waals surface area (Å²) in [5.74, 6) is -2.24. The molecule has 0 aliphatic carbocycles. The number of esters is 1. The summed E-state index contributed by atoms with van der Waals surface area (Å²) >= 11 is 0. The van der Waals surface area contributed by atoms with Crippen molar-refractivity contribution in [2.45, 2.75) is 37.6 Å². The summed E-state index contributed by atoms with van der Waals surface area (Å²) in [6.07, 6.45) is -5.24. The van der Waals surface area contributed by atoms with Gasteiger partial charge in [-0.05, 0) is 5.56 Å². The van der Waals surface area contributed by atoms with Gasteiger partial charge in [-0.2, -0.15) is 4.98 Å². The van der Waals surface area contributed by atoms with Crippen LogP contribution in [0.15, 0.2) is 41.3 Å². The molecule has 1 aliphatic rings. The molecule has 1 fully saturated rings. The Labute approximate surface area is 152 Å². The molecule has 3 rings (SSSR count). The quantitative estimate of drug-likeness (QED) is 0.603. The van der Waals surface area contributed by atoms with Crippen molar-refractivity contribution in [3.05, 3.63) is 58.4 Å². The number of nitrogens with zero attached hydrogens (tertiary/aromatic N) is 2. The van der Waals surface area contributed by atoms with Crippen molar-refractivity contribution >= 4 is 11.8 Å². The third-order valence-electron chi connectivity index (χ3n) is 4.16. The van der Waals surface area contributed by atoms with Crippen LogP contribution < -0.4 is 11.4 Å². The molecule has 1 aromatic carbocycles. The van der Waals surface area contributed by atoms with Gasteiger partial charge in [-0.25, -0.2) is 9.18 Å². The summed E-state index contributed by atoms with van der Waals surface area (Å²) in [5, 5.41) is 20.2. The standard InChI is InChI=1S/C17H18FN3O6/c18-10-7-21(17(25)20-15(10)19)16-14(24)13(23)11(27-16)6-12(22)26-8-9-4-2-1-3-5-9/h1-5,7,11,13-14,16,23-24H,6,8H2,(H2,19,20,25)/t11-,13-,14-,16-/m1/s1. The molecule has 2 heterocycles. The zero-order chi connectivity index (χ0) is 19.6. The van der Waals surface area contributed by atoms with E-state index in [2.05, 4.69) is 4.98 Å². The molecule has 144 valence electrons. The molecule has 0 saturated carbocycles. The minimum atomic E-state index is -1.57. The van der Waals surface area contributed by atoms with Crippen molar-refractivity contribution in [2.24, 2.45) is 0 Å². The number of carbonyl (C=O) groups is 1. The highest BCUT2D eigenvalue weighted by Gasteiger charge is 2.45. The molecular weight excluding hydrogens is 361 g/mol. The van der Waals surface area contributed by atoms with Crippen molar-refractivity contribution in [3.8, 4) is 0 Å². The van der Waals surface area contributed by atoms with Crippen LogP contribution in [0.2, 0.25) is 0 Å². The molecule has 0 radical (unpaired) electrons. The number of halogens is 1. The predicted molar refractivity (Wildman–Crippen MR) is 89.6 cm³/mol. The van der Waals surface area contributed by atoms with Crippen molar-refractivity contribution in [3.63, 3.8) is 0 Å². The molecule has 0 bridgehead atoms. The zero-order valence-corrected chi connectivity index (χ0v) is 14.1. The molecule has 4 N–H and O–H groups in total. The lowest BCUT2D eigenvalue weighted by molar-refractivity contribution is -0.149. The third kappa shape index (κ3) is 4.13. The molecule has 27 heavy (non-hydrogen) atoms. The number of ether oxygens (including phenoxy) is 2. The fourth-order valence-electron chi connectivity index (χ4n) is 2.73. The first-order valence-electron chi connectivity index (χ1n) is 8.12. The van der Waals surface area contributed by atoms with Gasteiger partial charge >= 0.3 is 11.7 Å². The number of carbonyl (C=O) groups excluding carboxylic acids is 1. The number of hydrogen-bond donors (Lipinski definition) is 3. The van der Waals surface area contributed by atoms with Crippen LogP contribution in [0.1, 0.15) is 18.2 Å². The van der Waals surface area contributed by atoms with Gasteiger partial charge in [-0.3, -0.25) is 9.36 Å². The molecule has 1 aliphatic heterocycles. The van der Waals surface area contributed by atoms with E-state index in [1.807, 2.05) is 6.07 Å². The number of benzene rings is 1. The molecule has 4 atom stereocenters. The minimum Gasteiger partial charge on any atom is -0.461 e. The van der Waals surface area contributed by atoms with Gasteiger partial charge in [0.1, 0.15) is 18.8 Å². The third-order valence-corrected chi connectivity index (χ3v) is 4.16. The fraction of sp³-hybridized carbons (Fsp3) is 0.353. The summed E-state index contributed by atoms with van der Waals surface area (Å²) < 4.78 is 24.7. The molecule has 1 saturated heterocycles. The Bertz CT molecular complexity index is 875. The Kier molecular flexibility index (Phi) is 5.49. The van der Waals surface area contributed by atoms with Crippen LogP contribution in [-0.2, 0) is 20.9 Å². The highest BCUT2D eigenvalue weighted by atomic mass is 19.1. The van der Waals surface area contributed by atoms with E-state index in [-0.39, 0.29) is 13.0 Å². The summed E-state index contributed by atoms with van der Waals surface area (Å²) in [7, 11) is 0. The number of aromatic nitrogens is 2. The average Bonchev–Trinajstić information content (AvgIpc) is 2.92. The second-order valence-electron chi connectivity index (χ2n) is 6.06. The summed E-state index contributed by atoms with van der Waals surface area (Å²) in [6, 6.07) is 8.98. The molecular formula is C17H18FN3O6. The van der Waals surface area contributed by atoms with Gasteiger partial charge in [0.05, 0.1) is 18.7 Å². The van der Waals surface area contributed by atoms with E-state index >= 15 is 0 Å². The van der Waals surface area contributed by atoms with Gasteiger partial charge in [0.25, 0.3) is 0 Å². The number of anilines is 1. The van der Waals surface area contributed by atoms with Crippen molar-refractivity contribution < 1.29 is 28.9 Å². The van der Waals surface area contributed by atoms with Crippen LogP contribution in [0.25, 0.3) is 0 Å². The number of rotatable bonds is 5. The second kappa shape index (κ2) is 7.82. The Hall–Kier alpha value is -2.82. The van der Waals surface area contributed by atoms with Crippen LogP contribution in [0.4, 0.5) is 10.2 Å². The maximum atomic E-state index is 13.6. The van der Waals surface area contributed by atoms with E-state index in [1.54, 1.807) is 24.3 Å². The average molecular weight is 379 g/mol. The summed E-state index contributed by atoms with van der Waals surface area (Å²) in [5.41, 5.74) is 5.03. The van der Waals surface area contributed by atoms with Crippen LogP contribution in [-0.4, -0.2) is 44.0 Å². The van der Waals surface area contributed by atoms with Crippen molar-refractivity contribution in [1.82, 2.24) is 9.55 Å². The number of aliphatic hydroxyl groups is 2. The fourth-order valence-corrected chi connectivity index (χ4v) is 2.73. The number of nitrogen functional groups attached to an aromatic ring is 1. The lowest BCUT2D eigenvalue weighted by Gasteiger charge is -2.17. The molecule has 10 heteroatoms. The van der Waals surface area contributed by atoms with Gasteiger partial charge in [-0.15, -0.1) is 0 Å². The Morgan fingerprint density at radius 1 is 1.30 bits per heavy atom. The number of hydrogen-bond acceptors (Lipinski definition) is 8. The first kappa shape index (κ1) is 19.0. The normalized spacial score (nSPS) is 24.7. The van der Waals surface area contributed by atoms with E-state index in [1.165, 1.54) is 0 Å². The van der Waals surface area contributed by atoms with Gasteiger partial charge in [-0.1, -0.05) is 30.3 Å². The zero-order valence-electron chi connectivity index (χ0n) is 14.1. The Balaban J connectivity index is 1.65. The molecule has 0 unspecified atom stereocenters. The van der Waals surface area contributed by atoms with Gasteiger partial charge in [0.2, 0.25) is 0 Å². The van der Waals surface area contributed by atoms with Crippen LogP contribution in [0, 0.1) is 5.82 Å². The largest absolute Gasteiger partial charge is 0.461 e. The van der Waals surface area contributed by atoms with Crippen LogP contribution >= 0.6 is 0 Å². The summed E-state index contributed by atoms with van der Waals surface area (Å²) in [4.78, 5) is 27.1. The SMILES string of the molecule is Nc1nc(=O)n([C@@H]2O[C@H](CC(=O)OCc3ccccc3)[C@@H](O)[C@H]2O)cc1F. The van der Waals surface area contributed by atoms with E-state index in [0.717, 1.165) is 11.8 Å². The lowest BCUT2D eigenvalue weighted by Crippen LogP contribution is -2.36. The number of nitrogens with two attached hydrogens (primary N) is 1. The Morgan fingerprint density at radius 3 is 2.70 bits per heavy atom. The molecule has 1 aromatic heterocycles. The highest BCUT2D eigenvalue weighted by Crippen LogP contribution is 2.30. The topological polar surface area (TPSA) is 137 Å². The minimum absolute atomic E-state index is 0.0427. The lowest BCUT2D eigenvalue weighted by atomic mass is 10.1. The number of aliphatic hydroxyl groups excluding tert-OH is 2. The molecule has 0 amide bonds. The van der Waals surface area contributed by atoms with Gasteiger partial charge < -0.3 is 25.4 Å². The van der Waals surface area contributed by atoms with E-state index < -0.39 is 47.8 Å². The summed E-state index contributed by atoms with van der Waals surface area (Å²) in [6.45, 7) is 0.0427. The maximum absolute atomic E-state index is 13.6. The molecule has 0 spiro atoms. The van der Waals surface area contributed by atoms with Crippen LogP contribution in [0.5, 0.6) is 0 Å².